The van der Waals surface area contributed by atoms with Gasteiger partial charge in [-0.1, -0.05) is 12.5 Å². The molecule has 0 N–H and O–H groups in total. The Kier molecular flexibility index (Phi) is 5.53. The van der Waals surface area contributed by atoms with Crippen molar-refractivity contribution in [1.82, 2.24) is 29.4 Å². The number of hydrogen-bond donors (Lipinski definition) is 0. The van der Waals surface area contributed by atoms with Crippen LogP contribution in [0.1, 0.15) is 37.1 Å². The van der Waals surface area contributed by atoms with E-state index in [1.807, 2.05) is 43.0 Å². The fourth-order valence-corrected chi connectivity index (χ4v) is 3.83. The normalized spacial score (nSPS) is 17.9. The summed E-state index contributed by atoms with van der Waals surface area (Å²) in [7, 11) is 2.07. The first kappa shape index (κ1) is 17.8. The van der Waals surface area contributed by atoms with Crippen LogP contribution in [-0.4, -0.2) is 42.0 Å². The fraction of sp³-hybridized carbons (Fsp3) is 0.429. The molecule has 1 atom stereocenters. The van der Waals surface area contributed by atoms with Crippen molar-refractivity contribution in [3.63, 3.8) is 0 Å². The maximum Gasteiger partial charge on any atom is 0.178 e. The van der Waals surface area contributed by atoms with Gasteiger partial charge in [-0.15, -0.1) is 0 Å². The summed E-state index contributed by atoms with van der Waals surface area (Å²) < 4.78 is 2.12. The predicted octanol–water partition coefficient (Wildman–Crippen LogP) is 3.26. The van der Waals surface area contributed by atoms with Gasteiger partial charge in [-0.05, 0) is 37.9 Å². The van der Waals surface area contributed by atoms with Gasteiger partial charge in [0, 0.05) is 62.6 Å². The molecule has 4 heterocycles. The van der Waals surface area contributed by atoms with Gasteiger partial charge in [-0.25, -0.2) is 15.0 Å². The van der Waals surface area contributed by atoms with Crippen molar-refractivity contribution in [2.24, 2.45) is 7.05 Å². The van der Waals surface area contributed by atoms with E-state index in [4.69, 9.17) is 0 Å². The summed E-state index contributed by atoms with van der Waals surface area (Å²) >= 11 is 0. The first-order valence-electron chi connectivity index (χ1n) is 9.72. The molecule has 27 heavy (non-hydrogen) atoms. The SMILES string of the molecule is Cn1ccnc1CC[C@@H]1CCCCN1Cc1cnc(-c2ccccn2)nc1. The van der Waals surface area contributed by atoms with E-state index in [-0.39, 0.29) is 0 Å². The first-order valence-corrected chi connectivity index (χ1v) is 9.72. The van der Waals surface area contributed by atoms with E-state index in [0.29, 0.717) is 11.9 Å². The molecule has 0 saturated carbocycles. The minimum Gasteiger partial charge on any atom is -0.338 e. The molecule has 0 aliphatic carbocycles. The minimum absolute atomic E-state index is 0.603. The number of aryl methyl sites for hydroxylation is 2. The van der Waals surface area contributed by atoms with E-state index in [0.717, 1.165) is 31.6 Å². The molecule has 6 heteroatoms. The number of rotatable bonds is 6. The van der Waals surface area contributed by atoms with Gasteiger partial charge in [0.2, 0.25) is 0 Å². The van der Waals surface area contributed by atoms with Crippen LogP contribution in [0.4, 0.5) is 0 Å². The van der Waals surface area contributed by atoms with Crippen LogP contribution in [0, 0.1) is 0 Å². The highest BCUT2D eigenvalue weighted by atomic mass is 15.2. The largest absolute Gasteiger partial charge is 0.338 e. The first-order chi connectivity index (χ1) is 13.3. The number of aromatic nitrogens is 5. The summed E-state index contributed by atoms with van der Waals surface area (Å²) in [6.45, 7) is 2.06. The Hall–Kier alpha value is -2.60. The third kappa shape index (κ3) is 4.39. The Bertz CT molecular complexity index is 843. The summed E-state index contributed by atoms with van der Waals surface area (Å²) in [5, 5.41) is 0. The van der Waals surface area contributed by atoms with E-state index in [1.54, 1.807) is 6.20 Å². The Labute approximate surface area is 160 Å². The van der Waals surface area contributed by atoms with Crippen molar-refractivity contribution in [1.29, 1.82) is 0 Å². The zero-order chi connectivity index (χ0) is 18.5. The molecule has 3 aromatic heterocycles. The summed E-state index contributed by atoms with van der Waals surface area (Å²) in [5.41, 5.74) is 1.98. The van der Waals surface area contributed by atoms with Crippen molar-refractivity contribution in [3.05, 3.63) is 60.6 Å². The standard InChI is InChI=1S/C21H26N6/c1-26-13-11-23-20(26)9-8-18-6-3-5-12-27(18)16-17-14-24-21(25-15-17)19-7-2-4-10-22-19/h2,4,7,10-11,13-15,18H,3,5-6,8-9,12,16H2,1H3/t18-/m0/s1. The van der Waals surface area contributed by atoms with Crippen molar-refractivity contribution < 1.29 is 0 Å². The van der Waals surface area contributed by atoms with Gasteiger partial charge in [0.1, 0.15) is 11.5 Å². The minimum atomic E-state index is 0.603. The van der Waals surface area contributed by atoms with Crippen LogP contribution in [0.5, 0.6) is 0 Å². The molecule has 0 amide bonds. The lowest BCUT2D eigenvalue weighted by Gasteiger charge is -2.35. The number of imidazole rings is 1. The van der Waals surface area contributed by atoms with Gasteiger partial charge in [0.25, 0.3) is 0 Å². The Balaban J connectivity index is 1.39. The second-order valence-corrected chi connectivity index (χ2v) is 7.24. The molecule has 1 saturated heterocycles. The van der Waals surface area contributed by atoms with Gasteiger partial charge in [0.15, 0.2) is 5.82 Å². The lowest BCUT2D eigenvalue weighted by Crippen LogP contribution is -2.39. The molecule has 140 valence electrons. The van der Waals surface area contributed by atoms with E-state index in [2.05, 4.69) is 36.5 Å². The highest BCUT2D eigenvalue weighted by Gasteiger charge is 2.23. The quantitative estimate of drug-likeness (QED) is 0.674. The number of piperidine rings is 1. The molecule has 0 aromatic carbocycles. The van der Waals surface area contributed by atoms with E-state index in [1.165, 1.54) is 30.7 Å². The van der Waals surface area contributed by atoms with Gasteiger partial charge in [-0.2, -0.15) is 0 Å². The van der Waals surface area contributed by atoms with E-state index in [9.17, 15) is 0 Å². The maximum atomic E-state index is 4.52. The molecule has 0 radical (unpaired) electrons. The number of hydrogen-bond acceptors (Lipinski definition) is 5. The summed E-state index contributed by atoms with van der Waals surface area (Å²) in [6.07, 6.45) is 15.6. The van der Waals surface area contributed by atoms with Crippen LogP contribution >= 0.6 is 0 Å². The van der Waals surface area contributed by atoms with Crippen molar-refractivity contribution >= 4 is 0 Å². The van der Waals surface area contributed by atoms with Crippen molar-refractivity contribution in [2.45, 2.75) is 44.7 Å². The predicted molar refractivity (Wildman–Crippen MR) is 105 cm³/mol. The molecule has 0 bridgehead atoms. The topological polar surface area (TPSA) is 59.7 Å². The van der Waals surface area contributed by atoms with Crippen LogP contribution in [0.15, 0.2) is 49.2 Å². The lowest BCUT2D eigenvalue weighted by molar-refractivity contribution is 0.131. The van der Waals surface area contributed by atoms with Crippen molar-refractivity contribution in [3.8, 4) is 11.5 Å². The molecule has 6 nitrogen and oxygen atoms in total. The van der Waals surface area contributed by atoms with Crippen LogP contribution in [0.2, 0.25) is 0 Å². The van der Waals surface area contributed by atoms with E-state index < -0.39 is 0 Å². The Morgan fingerprint density at radius 3 is 2.67 bits per heavy atom. The molecular formula is C21H26N6. The molecule has 3 aromatic rings. The maximum absolute atomic E-state index is 4.52. The third-order valence-electron chi connectivity index (χ3n) is 5.36. The zero-order valence-corrected chi connectivity index (χ0v) is 15.8. The summed E-state index contributed by atoms with van der Waals surface area (Å²) in [5.74, 6) is 1.85. The average molecular weight is 362 g/mol. The number of pyridine rings is 1. The number of likely N-dealkylation sites (tertiary alicyclic amines) is 1. The third-order valence-corrected chi connectivity index (χ3v) is 5.36. The molecule has 4 rings (SSSR count). The van der Waals surface area contributed by atoms with Gasteiger partial charge >= 0.3 is 0 Å². The molecule has 0 unspecified atom stereocenters. The smallest absolute Gasteiger partial charge is 0.178 e. The molecule has 1 aliphatic rings. The molecule has 1 fully saturated rings. The lowest BCUT2D eigenvalue weighted by atomic mass is 9.97. The van der Waals surface area contributed by atoms with Gasteiger partial charge < -0.3 is 4.57 Å². The van der Waals surface area contributed by atoms with Gasteiger partial charge in [-0.3, -0.25) is 9.88 Å². The highest BCUT2D eigenvalue weighted by molar-refractivity contribution is 5.47. The Morgan fingerprint density at radius 1 is 1.04 bits per heavy atom. The molecule has 0 spiro atoms. The fourth-order valence-electron chi connectivity index (χ4n) is 3.83. The molecular weight excluding hydrogens is 336 g/mol. The second kappa shape index (κ2) is 8.39. The van der Waals surface area contributed by atoms with Crippen LogP contribution in [0.3, 0.4) is 0 Å². The van der Waals surface area contributed by atoms with Crippen LogP contribution < -0.4 is 0 Å². The monoisotopic (exact) mass is 362 g/mol. The zero-order valence-electron chi connectivity index (χ0n) is 15.8. The van der Waals surface area contributed by atoms with Gasteiger partial charge in [0.05, 0.1) is 0 Å². The summed E-state index contributed by atoms with van der Waals surface area (Å²) in [4.78, 5) is 20.4. The average Bonchev–Trinajstić information content (AvgIpc) is 3.13. The molecule has 1 aliphatic heterocycles. The van der Waals surface area contributed by atoms with Crippen LogP contribution in [-0.2, 0) is 20.0 Å². The summed E-state index contributed by atoms with van der Waals surface area (Å²) in [6, 6.07) is 6.40. The number of nitrogens with zero attached hydrogens (tertiary/aromatic N) is 6. The van der Waals surface area contributed by atoms with Crippen molar-refractivity contribution in [2.75, 3.05) is 6.54 Å². The van der Waals surface area contributed by atoms with Crippen LogP contribution in [0.25, 0.3) is 11.5 Å². The Morgan fingerprint density at radius 2 is 1.93 bits per heavy atom. The highest BCUT2D eigenvalue weighted by Crippen LogP contribution is 2.23. The second-order valence-electron chi connectivity index (χ2n) is 7.24. The van der Waals surface area contributed by atoms with E-state index >= 15 is 0 Å².